The quantitative estimate of drug-likeness (QED) is 0.720. The van der Waals surface area contributed by atoms with Gasteiger partial charge in [0.15, 0.2) is 0 Å². The van der Waals surface area contributed by atoms with Crippen LogP contribution in [-0.4, -0.2) is 72.3 Å². The van der Waals surface area contributed by atoms with Crippen LogP contribution in [0.1, 0.15) is 23.4 Å². The Kier molecular flexibility index (Phi) is 6.54. The maximum absolute atomic E-state index is 12.9. The van der Waals surface area contributed by atoms with Gasteiger partial charge in [-0.25, -0.2) is 0 Å². The largest absolute Gasteiger partial charge is 0.490 e. The molecule has 1 aromatic carbocycles. The summed E-state index contributed by atoms with van der Waals surface area (Å²) in [6, 6.07) is 8.72. The summed E-state index contributed by atoms with van der Waals surface area (Å²) in [5.74, 6) is 0.591. The molecule has 2 fully saturated rings. The second kappa shape index (κ2) is 9.49. The minimum Gasteiger partial charge on any atom is -0.490 e. The van der Waals surface area contributed by atoms with Crippen LogP contribution in [0.5, 0.6) is 5.75 Å². The maximum Gasteiger partial charge on any atom is 0.292 e. The first-order valence-corrected chi connectivity index (χ1v) is 10.5. The smallest absolute Gasteiger partial charge is 0.292 e. The van der Waals surface area contributed by atoms with Crippen LogP contribution in [0.4, 0.5) is 0 Å². The van der Waals surface area contributed by atoms with Crippen molar-refractivity contribution in [3.63, 3.8) is 0 Å². The van der Waals surface area contributed by atoms with Gasteiger partial charge in [0.1, 0.15) is 11.9 Å². The molecule has 8 nitrogen and oxygen atoms in total. The Bertz CT molecular complexity index is 852. The van der Waals surface area contributed by atoms with Crippen LogP contribution in [0.2, 0.25) is 5.02 Å². The predicted octanol–water partition coefficient (Wildman–Crippen LogP) is 2.49. The minimum absolute atomic E-state index is 0.0574. The highest BCUT2D eigenvalue weighted by Gasteiger charge is 2.36. The average Bonchev–Trinajstić information content (AvgIpc) is 3.31. The number of carbonyl (C=O) groups excluding carboxylic acids is 2. The Balaban J connectivity index is 1.47. The van der Waals surface area contributed by atoms with Gasteiger partial charge in [0, 0.05) is 56.0 Å². The molecule has 2 aromatic rings. The van der Waals surface area contributed by atoms with Crippen LogP contribution >= 0.6 is 11.6 Å². The second-order valence-corrected chi connectivity index (χ2v) is 7.92. The minimum atomic E-state index is -0.221. The third kappa shape index (κ3) is 4.94. The number of likely N-dealkylation sites (tertiary alicyclic amines) is 1. The number of halogens is 1. The Hall–Kier alpha value is -2.58. The van der Waals surface area contributed by atoms with Crippen molar-refractivity contribution in [3.05, 3.63) is 47.3 Å². The highest BCUT2D eigenvalue weighted by molar-refractivity contribution is 6.30. The van der Waals surface area contributed by atoms with Crippen LogP contribution in [-0.2, 0) is 9.53 Å². The summed E-state index contributed by atoms with van der Waals surface area (Å²) < 4.78 is 16.6. The van der Waals surface area contributed by atoms with Gasteiger partial charge < -0.3 is 23.8 Å². The molecular weight excluding hydrogens is 410 g/mol. The zero-order valence-electron chi connectivity index (χ0n) is 16.5. The van der Waals surface area contributed by atoms with E-state index in [1.807, 2.05) is 17.0 Å². The average molecular weight is 434 g/mol. The first-order chi connectivity index (χ1) is 14.6. The van der Waals surface area contributed by atoms with Crippen molar-refractivity contribution in [1.29, 1.82) is 0 Å². The zero-order valence-corrected chi connectivity index (χ0v) is 17.3. The van der Waals surface area contributed by atoms with Crippen molar-refractivity contribution in [2.24, 2.45) is 5.92 Å². The number of rotatable bonds is 5. The van der Waals surface area contributed by atoms with Gasteiger partial charge in [0.25, 0.3) is 5.91 Å². The van der Waals surface area contributed by atoms with Crippen LogP contribution in [0.25, 0.3) is 0 Å². The van der Waals surface area contributed by atoms with Gasteiger partial charge >= 0.3 is 0 Å². The van der Waals surface area contributed by atoms with Gasteiger partial charge in [-0.1, -0.05) is 16.8 Å². The number of carbonyl (C=O) groups is 2. The second-order valence-electron chi connectivity index (χ2n) is 7.48. The molecule has 2 amide bonds. The van der Waals surface area contributed by atoms with Gasteiger partial charge in [-0.3, -0.25) is 9.59 Å². The maximum atomic E-state index is 12.9. The molecule has 2 atom stereocenters. The molecule has 1 aromatic heterocycles. The third-order valence-electron chi connectivity index (χ3n) is 5.50. The van der Waals surface area contributed by atoms with E-state index in [0.717, 1.165) is 0 Å². The Morgan fingerprint density at radius 2 is 1.87 bits per heavy atom. The molecule has 2 saturated heterocycles. The molecule has 9 heteroatoms. The molecule has 30 heavy (non-hydrogen) atoms. The third-order valence-corrected chi connectivity index (χ3v) is 5.75. The molecule has 0 spiro atoms. The number of hydrogen-bond donors (Lipinski definition) is 0. The molecule has 0 aliphatic carbocycles. The van der Waals surface area contributed by atoms with Gasteiger partial charge in [-0.2, -0.15) is 0 Å². The fraction of sp³-hybridized carbons (Fsp3) is 0.476. The van der Waals surface area contributed by atoms with E-state index in [9.17, 15) is 9.59 Å². The van der Waals surface area contributed by atoms with E-state index in [2.05, 4.69) is 5.16 Å². The fourth-order valence-corrected chi connectivity index (χ4v) is 4.01. The van der Waals surface area contributed by atoms with E-state index < -0.39 is 0 Å². The van der Waals surface area contributed by atoms with E-state index in [1.165, 1.54) is 6.20 Å². The number of aromatic nitrogens is 1. The standard InChI is InChI=1S/C21H24ClN3O5/c22-16-1-3-17(4-2-16)29-18-6-8-25(21(27)19-5-7-23-30-19)14-15(18)13-20(26)24-9-11-28-12-10-24/h1-5,7,15,18H,6,8-14H2/t15-,18-/m0/s1. The lowest BCUT2D eigenvalue weighted by atomic mass is 9.90. The summed E-state index contributed by atoms with van der Waals surface area (Å²) in [7, 11) is 0. The molecule has 2 aliphatic heterocycles. The number of morpholine rings is 1. The number of hydrogen-bond acceptors (Lipinski definition) is 6. The van der Waals surface area contributed by atoms with Crippen molar-refractivity contribution >= 4 is 23.4 Å². The number of ether oxygens (including phenoxy) is 2. The zero-order chi connectivity index (χ0) is 20.9. The molecule has 0 bridgehead atoms. The lowest BCUT2D eigenvalue weighted by Gasteiger charge is -2.39. The molecule has 0 saturated carbocycles. The normalized spacial score (nSPS) is 22.0. The van der Waals surface area contributed by atoms with E-state index in [0.29, 0.717) is 63.0 Å². The number of benzene rings is 1. The molecule has 4 rings (SSSR count). The molecule has 0 N–H and O–H groups in total. The first kappa shape index (κ1) is 20.7. The van der Waals surface area contributed by atoms with Crippen LogP contribution < -0.4 is 4.74 Å². The van der Waals surface area contributed by atoms with Gasteiger partial charge in [0.2, 0.25) is 11.7 Å². The fourth-order valence-electron chi connectivity index (χ4n) is 3.88. The van der Waals surface area contributed by atoms with Gasteiger partial charge in [-0.15, -0.1) is 0 Å². The number of nitrogens with zero attached hydrogens (tertiary/aromatic N) is 3. The number of piperidine rings is 1. The molecule has 3 heterocycles. The van der Waals surface area contributed by atoms with E-state index >= 15 is 0 Å². The Morgan fingerprint density at radius 1 is 1.10 bits per heavy atom. The van der Waals surface area contributed by atoms with Gasteiger partial charge in [0.05, 0.1) is 19.4 Å². The van der Waals surface area contributed by atoms with Crippen LogP contribution in [0.15, 0.2) is 41.1 Å². The Labute approximate surface area is 179 Å². The summed E-state index contributed by atoms with van der Waals surface area (Å²) in [5, 5.41) is 4.25. The summed E-state index contributed by atoms with van der Waals surface area (Å²) >= 11 is 5.97. The van der Waals surface area contributed by atoms with Crippen molar-refractivity contribution in [2.45, 2.75) is 18.9 Å². The van der Waals surface area contributed by atoms with Crippen LogP contribution in [0.3, 0.4) is 0 Å². The molecule has 160 valence electrons. The summed E-state index contributed by atoms with van der Waals surface area (Å²) in [6.07, 6.45) is 2.18. The SMILES string of the molecule is O=C(C[C@H]1CN(C(=O)c2ccno2)CC[C@@H]1Oc1ccc(Cl)cc1)N1CCOCC1. The van der Waals surface area contributed by atoms with E-state index in [1.54, 1.807) is 23.1 Å². The van der Waals surface area contributed by atoms with Crippen molar-refractivity contribution in [3.8, 4) is 5.75 Å². The monoisotopic (exact) mass is 433 g/mol. The summed E-state index contributed by atoms with van der Waals surface area (Å²) in [4.78, 5) is 29.1. The highest BCUT2D eigenvalue weighted by atomic mass is 35.5. The van der Waals surface area contributed by atoms with Gasteiger partial charge in [-0.05, 0) is 24.3 Å². The first-order valence-electron chi connectivity index (χ1n) is 10.1. The van der Waals surface area contributed by atoms with Crippen molar-refractivity contribution < 1.29 is 23.6 Å². The van der Waals surface area contributed by atoms with E-state index in [4.69, 9.17) is 25.6 Å². The Morgan fingerprint density at radius 3 is 2.57 bits per heavy atom. The molecule has 0 radical (unpaired) electrons. The predicted molar refractivity (Wildman–Crippen MR) is 108 cm³/mol. The molecule has 2 aliphatic rings. The van der Waals surface area contributed by atoms with Crippen LogP contribution in [0, 0.1) is 5.92 Å². The van der Waals surface area contributed by atoms with E-state index in [-0.39, 0.29) is 29.6 Å². The number of amides is 2. The summed E-state index contributed by atoms with van der Waals surface area (Å²) in [6.45, 7) is 3.21. The lowest BCUT2D eigenvalue weighted by molar-refractivity contribution is -0.137. The summed E-state index contributed by atoms with van der Waals surface area (Å²) in [5.41, 5.74) is 0. The van der Waals surface area contributed by atoms with Crippen molar-refractivity contribution in [2.75, 3.05) is 39.4 Å². The lowest BCUT2D eigenvalue weighted by Crippen LogP contribution is -2.50. The molecular formula is C21H24ClN3O5. The highest BCUT2D eigenvalue weighted by Crippen LogP contribution is 2.28. The van der Waals surface area contributed by atoms with Crippen molar-refractivity contribution in [1.82, 2.24) is 15.0 Å². The topological polar surface area (TPSA) is 85.1 Å². The molecule has 0 unspecified atom stereocenters.